The maximum atomic E-state index is 5.77. The van der Waals surface area contributed by atoms with Gasteiger partial charge < -0.3 is 14.9 Å². The Morgan fingerprint density at radius 2 is 2.15 bits per heavy atom. The second-order valence-electron chi connectivity index (χ2n) is 4.82. The van der Waals surface area contributed by atoms with E-state index in [1.807, 2.05) is 36.1 Å². The van der Waals surface area contributed by atoms with E-state index in [0.717, 1.165) is 35.3 Å². The highest BCUT2D eigenvalue weighted by Crippen LogP contribution is 2.20. The molecule has 0 aliphatic carbocycles. The van der Waals surface area contributed by atoms with E-state index >= 15 is 0 Å². The van der Waals surface area contributed by atoms with Gasteiger partial charge in [0.15, 0.2) is 0 Å². The number of hydrogen-bond acceptors (Lipinski definition) is 2. The lowest BCUT2D eigenvalue weighted by Gasteiger charge is -2.07. The van der Waals surface area contributed by atoms with E-state index < -0.39 is 0 Å². The Labute approximate surface area is 122 Å². The molecule has 102 valence electrons. The SMILES string of the molecule is Cn1ccnc1CCn1ccc2c(C(N)=S)cccc21. The van der Waals surface area contributed by atoms with Crippen LogP contribution in [0, 0.1) is 0 Å². The molecule has 5 heteroatoms. The Hall–Kier alpha value is -2.14. The van der Waals surface area contributed by atoms with Gasteiger partial charge in [0, 0.05) is 55.1 Å². The summed E-state index contributed by atoms with van der Waals surface area (Å²) in [6.07, 6.45) is 6.77. The summed E-state index contributed by atoms with van der Waals surface area (Å²) in [7, 11) is 2.01. The first kappa shape index (κ1) is 12.9. The summed E-state index contributed by atoms with van der Waals surface area (Å²) < 4.78 is 4.26. The number of aromatic nitrogens is 3. The lowest BCUT2D eigenvalue weighted by Crippen LogP contribution is -2.09. The maximum Gasteiger partial charge on any atom is 0.110 e. The minimum Gasteiger partial charge on any atom is -0.389 e. The number of aryl methyl sites for hydroxylation is 3. The molecule has 0 amide bonds. The molecule has 3 aromatic rings. The van der Waals surface area contributed by atoms with Crippen molar-refractivity contribution in [3.05, 3.63) is 54.2 Å². The summed E-state index contributed by atoms with van der Waals surface area (Å²) in [5, 5.41) is 1.11. The lowest BCUT2D eigenvalue weighted by molar-refractivity contribution is 0.668. The molecule has 0 saturated carbocycles. The van der Waals surface area contributed by atoms with E-state index in [0.29, 0.717) is 4.99 Å². The Kier molecular flexibility index (Phi) is 3.28. The van der Waals surface area contributed by atoms with Gasteiger partial charge in [-0.2, -0.15) is 0 Å². The zero-order chi connectivity index (χ0) is 14.1. The molecule has 1 aromatic carbocycles. The molecule has 0 radical (unpaired) electrons. The molecule has 4 nitrogen and oxygen atoms in total. The third-order valence-electron chi connectivity index (χ3n) is 3.58. The van der Waals surface area contributed by atoms with Crippen molar-refractivity contribution < 1.29 is 0 Å². The Morgan fingerprint density at radius 3 is 2.85 bits per heavy atom. The molecule has 0 fully saturated rings. The predicted octanol–water partition coefficient (Wildman–Crippen LogP) is 2.25. The van der Waals surface area contributed by atoms with Gasteiger partial charge in [-0.3, -0.25) is 0 Å². The van der Waals surface area contributed by atoms with Crippen LogP contribution in [0.5, 0.6) is 0 Å². The number of fused-ring (bicyclic) bond motifs is 1. The fraction of sp³-hybridized carbons (Fsp3) is 0.200. The van der Waals surface area contributed by atoms with Gasteiger partial charge in [0.05, 0.1) is 0 Å². The summed E-state index contributed by atoms with van der Waals surface area (Å²) in [5.41, 5.74) is 7.86. The monoisotopic (exact) mass is 284 g/mol. The summed E-state index contributed by atoms with van der Waals surface area (Å²) >= 11 is 5.10. The second-order valence-corrected chi connectivity index (χ2v) is 5.26. The standard InChI is InChI=1S/C15H16N4S/c1-18-10-7-17-14(18)6-9-19-8-5-11-12(15(16)20)3-2-4-13(11)19/h2-5,7-8,10H,6,9H2,1H3,(H2,16,20). The van der Waals surface area contributed by atoms with Gasteiger partial charge in [0.2, 0.25) is 0 Å². The summed E-state index contributed by atoms with van der Waals surface area (Å²) in [4.78, 5) is 4.79. The van der Waals surface area contributed by atoms with Gasteiger partial charge in [-0.1, -0.05) is 24.4 Å². The van der Waals surface area contributed by atoms with E-state index in [2.05, 4.69) is 27.9 Å². The van der Waals surface area contributed by atoms with Crippen LogP contribution >= 0.6 is 12.2 Å². The smallest absolute Gasteiger partial charge is 0.110 e. The van der Waals surface area contributed by atoms with Crippen LogP contribution in [0.2, 0.25) is 0 Å². The molecule has 0 bridgehead atoms. The average molecular weight is 284 g/mol. The van der Waals surface area contributed by atoms with E-state index in [4.69, 9.17) is 18.0 Å². The van der Waals surface area contributed by atoms with Crippen LogP contribution in [-0.4, -0.2) is 19.1 Å². The fourth-order valence-corrected chi connectivity index (χ4v) is 2.67. The summed E-state index contributed by atoms with van der Waals surface area (Å²) in [6.45, 7) is 0.884. The van der Waals surface area contributed by atoms with Crippen LogP contribution in [0.1, 0.15) is 11.4 Å². The van der Waals surface area contributed by atoms with Crippen LogP contribution < -0.4 is 5.73 Å². The average Bonchev–Trinajstić information content (AvgIpc) is 3.02. The van der Waals surface area contributed by atoms with E-state index in [1.54, 1.807) is 0 Å². The van der Waals surface area contributed by atoms with Crippen molar-refractivity contribution in [3.8, 4) is 0 Å². The molecule has 0 spiro atoms. The molecule has 0 atom stereocenters. The van der Waals surface area contributed by atoms with E-state index in [-0.39, 0.29) is 0 Å². The highest BCUT2D eigenvalue weighted by Gasteiger charge is 2.08. The van der Waals surface area contributed by atoms with Crippen LogP contribution in [-0.2, 0) is 20.0 Å². The molecule has 2 N–H and O–H groups in total. The number of benzene rings is 1. The number of thiocarbonyl (C=S) groups is 1. The number of nitrogens with zero attached hydrogens (tertiary/aromatic N) is 3. The van der Waals surface area contributed by atoms with Gasteiger partial charge in [-0.05, 0) is 12.1 Å². The lowest BCUT2D eigenvalue weighted by atomic mass is 10.1. The van der Waals surface area contributed by atoms with Gasteiger partial charge in [-0.15, -0.1) is 0 Å². The second kappa shape index (κ2) is 5.09. The molecule has 0 aliphatic heterocycles. The Morgan fingerprint density at radius 1 is 1.30 bits per heavy atom. The fourth-order valence-electron chi connectivity index (χ4n) is 2.49. The van der Waals surface area contributed by atoms with Gasteiger partial charge in [0.25, 0.3) is 0 Å². The minimum atomic E-state index is 0.442. The van der Waals surface area contributed by atoms with Crippen LogP contribution in [0.15, 0.2) is 42.9 Å². The molecule has 0 saturated heterocycles. The van der Waals surface area contributed by atoms with Crippen molar-refractivity contribution in [3.63, 3.8) is 0 Å². The summed E-state index contributed by atoms with van der Waals surface area (Å²) in [5.74, 6) is 1.08. The third kappa shape index (κ3) is 2.20. The molecule has 2 aromatic heterocycles. The predicted molar refractivity (Wildman–Crippen MR) is 84.7 cm³/mol. The quantitative estimate of drug-likeness (QED) is 0.748. The third-order valence-corrected chi connectivity index (χ3v) is 3.80. The first-order valence-corrected chi connectivity index (χ1v) is 6.91. The van der Waals surface area contributed by atoms with E-state index in [1.165, 1.54) is 0 Å². The van der Waals surface area contributed by atoms with Crippen molar-refractivity contribution in [2.45, 2.75) is 13.0 Å². The minimum absolute atomic E-state index is 0.442. The highest BCUT2D eigenvalue weighted by atomic mass is 32.1. The van der Waals surface area contributed by atoms with Crippen molar-refractivity contribution in [1.82, 2.24) is 14.1 Å². The van der Waals surface area contributed by atoms with Crippen molar-refractivity contribution >= 4 is 28.1 Å². The largest absolute Gasteiger partial charge is 0.389 e. The molecular formula is C15H16N4S. The number of rotatable bonds is 4. The van der Waals surface area contributed by atoms with Gasteiger partial charge >= 0.3 is 0 Å². The van der Waals surface area contributed by atoms with E-state index in [9.17, 15) is 0 Å². The maximum absolute atomic E-state index is 5.77. The number of imidazole rings is 1. The van der Waals surface area contributed by atoms with Crippen molar-refractivity contribution in [2.75, 3.05) is 0 Å². The number of hydrogen-bond donors (Lipinski definition) is 1. The molecule has 0 aliphatic rings. The molecule has 20 heavy (non-hydrogen) atoms. The topological polar surface area (TPSA) is 48.8 Å². The molecule has 2 heterocycles. The zero-order valence-corrected chi connectivity index (χ0v) is 12.1. The first-order valence-electron chi connectivity index (χ1n) is 6.50. The van der Waals surface area contributed by atoms with Gasteiger partial charge in [0.1, 0.15) is 10.8 Å². The Balaban J connectivity index is 1.91. The molecule has 0 unspecified atom stereocenters. The van der Waals surface area contributed by atoms with Crippen LogP contribution in [0.3, 0.4) is 0 Å². The van der Waals surface area contributed by atoms with Crippen LogP contribution in [0.4, 0.5) is 0 Å². The first-order chi connectivity index (χ1) is 9.66. The molecular weight excluding hydrogens is 268 g/mol. The van der Waals surface area contributed by atoms with Crippen LogP contribution in [0.25, 0.3) is 10.9 Å². The van der Waals surface area contributed by atoms with Crippen molar-refractivity contribution in [2.24, 2.45) is 12.8 Å². The Bertz CT molecular complexity index is 769. The van der Waals surface area contributed by atoms with Gasteiger partial charge in [-0.25, -0.2) is 4.98 Å². The summed E-state index contributed by atoms with van der Waals surface area (Å²) in [6, 6.07) is 8.12. The molecule has 3 rings (SSSR count). The normalized spacial score (nSPS) is 11.1. The van der Waals surface area contributed by atoms with Crippen molar-refractivity contribution in [1.29, 1.82) is 0 Å². The zero-order valence-electron chi connectivity index (χ0n) is 11.3. The number of nitrogens with two attached hydrogens (primary N) is 1. The highest BCUT2D eigenvalue weighted by molar-refractivity contribution is 7.80.